The largest absolute Gasteiger partial charge is 0.329 e. The van der Waals surface area contributed by atoms with Gasteiger partial charge in [0.05, 0.1) is 28.0 Å². The summed E-state index contributed by atoms with van der Waals surface area (Å²) in [6.07, 6.45) is 1.60. The molecule has 0 bridgehead atoms. The standard InChI is InChI=1S/C24H26BrN5O2/c1-6-28-21-10-8-17(12-22(21)29(7-2)24(28)32)26-13-18-16(5)27-30(23(18)31)20-11-9-19(25)14(3)15(20)4/h8-13,27H,6-7H2,1-5H3. The fourth-order valence-electron chi connectivity index (χ4n) is 4.04. The zero-order valence-corrected chi connectivity index (χ0v) is 20.4. The minimum atomic E-state index is -0.153. The van der Waals surface area contributed by atoms with Crippen LogP contribution in [-0.4, -0.2) is 25.1 Å². The van der Waals surface area contributed by atoms with Gasteiger partial charge >= 0.3 is 5.69 Å². The Balaban J connectivity index is 1.77. The number of nitrogens with zero attached hydrogens (tertiary/aromatic N) is 4. The van der Waals surface area contributed by atoms with Gasteiger partial charge in [0.15, 0.2) is 0 Å². The number of benzene rings is 2. The van der Waals surface area contributed by atoms with Gasteiger partial charge in [0.25, 0.3) is 5.56 Å². The maximum Gasteiger partial charge on any atom is 0.329 e. The molecule has 32 heavy (non-hydrogen) atoms. The molecule has 2 heterocycles. The van der Waals surface area contributed by atoms with Crippen LogP contribution in [0.4, 0.5) is 5.69 Å². The van der Waals surface area contributed by atoms with Gasteiger partial charge in [-0.1, -0.05) is 15.9 Å². The Labute approximate surface area is 194 Å². The number of aromatic amines is 1. The molecule has 8 heteroatoms. The number of hydrogen-bond acceptors (Lipinski definition) is 3. The van der Waals surface area contributed by atoms with Gasteiger partial charge in [0.2, 0.25) is 0 Å². The molecule has 2 aromatic carbocycles. The molecule has 2 aromatic heterocycles. The highest BCUT2D eigenvalue weighted by atomic mass is 79.9. The number of aliphatic imine (C=N–C) groups is 1. The molecule has 1 N–H and O–H groups in total. The zero-order chi connectivity index (χ0) is 23.2. The Morgan fingerprint density at radius 2 is 1.66 bits per heavy atom. The Hall–Kier alpha value is -3.13. The van der Waals surface area contributed by atoms with Crippen molar-refractivity contribution in [3.8, 4) is 5.69 Å². The highest BCUT2D eigenvalue weighted by Crippen LogP contribution is 2.25. The van der Waals surface area contributed by atoms with Crippen LogP contribution in [0.3, 0.4) is 0 Å². The molecule has 0 unspecified atom stereocenters. The van der Waals surface area contributed by atoms with Crippen LogP contribution in [-0.2, 0) is 13.1 Å². The maximum atomic E-state index is 13.1. The number of halogens is 1. The number of aromatic nitrogens is 4. The van der Waals surface area contributed by atoms with E-state index in [2.05, 4.69) is 26.0 Å². The van der Waals surface area contributed by atoms with E-state index in [0.717, 1.165) is 38.0 Å². The number of aryl methyl sites for hydroxylation is 3. The first-order valence-electron chi connectivity index (χ1n) is 10.6. The number of hydrogen-bond donors (Lipinski definition) is 1. The van der Waals surface area contributed by atoms with E-state index in [1.165, 1.54) is 0 Å². The summed E-state index contributed by atoms with van der Waals surface area (Å²) in [4.78, 5) is 30.3. The predicted octanol–water partition coefficient (Wildman–Crippen LogP) is 4.76. The third-order valence-corrected chi connectivity index (χ3v) is 6.89. The lowest BCUT2D eigenvalue weighted by molar-refractivity contribution is 0.671. The minimum Gasteiger partial charge on any atom is -0.295 e. The fraction of sp³-hybridized carbons (Fsp3) is 0.292. The van der Waals surface area contributed by atoms with Gasteiger partial charge in [-0.2, -0.15) is 0 Å². The van der Waals surface area contributed by atoms with E-state index in [1.807, 2.05) is 65.0 Å². The first-order chi connectivity index (χ1) is 15.3. The average Bonchev–Trinajstić information content (AvgIpc) is 3.21. The first kappa shape index (κ1) is 22.1. The molecule has 0 amide bonds. The zero-order valence-electron chi connectivity index (χ0n) is 18.9. The van der Waals surface area contributed by atoms with Crippen LogP contribution >= 0.6 is 15.9 Å². The van der Waals surface area contributed by atoms with Crippen LogP contribution in [0.15, 0.2) is 49.4 Å². The Kier molecular flexibility index (Phi) is 5.81. The predicted molar refractivity (Wildman–Crippen MR) is 133 cm³/mol. The molecule has 0 atom stereocenters. The van der Waals surface area contributed by atoms with Crippen LogP contribution in [0.5, 0.6) is 0 Å². The van der Waals surface area contributed by atoms with Gasteiger partial charge in [-0.05, 0) is 76.1 Å². The van der Waals surface area contributed by atoms with E-state index >= 15 is 0 Å². The summed E-state index contributed by atoms with van der Waals surface area (Å²) in [6.45, 7) is 11.0. The number of imidazole rings is 1. The Bertz CT molecular complexity index is 1480. The van der Waals surface area contributed by atoms with E-state index in [4.69, 9.17) is 0 Å². The van der Waals surface area contributed by atoms with Crippen molar-refractivity contribution in [2.24, 2.45) is 4.99 Å². The third-order valence-electron chi connectivity index (χ3n) is 6.03. The van der Waals surface area contributed by atoms with Gasteiger partial charge in [-0.3, -0.25) is 24.0 Å². The normalized spacial score (nSPS) is 11.8. The van der Waals surface area contributed by atoms with E-state index < -0.39 is 0 Å². The van der Waals surface area contributed by atoms with Crippen LogP contribution in [0.25, 0.3) is 16.7 Å². The smallest absolute Gasteiger partial charge is 0.295 e. The van der Waals surface area contributed by atoms with Crippen LogP contribution in [0.1, 0.15) is 36.2 Å². The van der Waals surface area contributed by atoms with Crippen molar-refractivity contribution in [1.82, 2.24) is 18.9 Å². The molecule has 0 aliphatic rings. The topological polar surface area (TPSA) is 77.1 Å². The van der Waals surface area contributed by atoms with E-state index in [9.17, 15) is 9.59 Å². The summed E-state index contributed by atoms with van der Waals surface area (Å²) in [7, 11) is 0. The summed E-state index contributed by atoms with van der Waals surface area (Å²) >= 11 is 3.54. The molecule has 166 valence electrons. The molecule has 0 saturated heterocycles. The van der Waals surface area contributed by atoms with E-state index in [1.54, 1.807) is 20.0 Å². The summed E-state index contributed by atoms with van der Waals surface area (Å²) in [5.41, 5.74) is 6.42. The summed E-state index contributed by atoms with van der Waals surface area (Å²) in [6, 6.07) is 9.54. The molecule has 0 aliphatic carbocycles. The molecule has 7 nitrogen and oxygen atoms in total. The second kappa shape index (κ2) is 8.43. The molecule has 0 saturated carbocycles. The summed E-state index contributed by atoms with van der Waals surface area (Å²) in [5, 5.41) is 3.17. The average molecular weight is 496 g/mol. The monoisotopic (exact) mass is 495 g/mol. The van der Waals surface area contributed by atoms with Crippen molar-refractivity contribution in [2.75, 3.05) is 0 Å². The lowest BCUT2D eigenvalue weighted by Crippen LogP contribution is -2.22. The first-order valence-corrected chi connectivity index (χ1v) is 11.4. The lowest BCUT2D eigenvalue weighted by atomic mass is 10.1. The molecular formula is C24H26BrN5O2. The van der Waals surface area contributed by atoms with Crippen molar-refractivity contribution in [3.63, 3.8) is 0 Å². The molecule has 0 fully saturated rings. The van der Waals surface area contributed by atoms with Crippen molar-refractivity contribution in [3.05, 3.63) is 78.0 Å². The number of rotatable bonds is 5. The molecule has 4 aromatic rings. The number of nitrogens with one attached hydrogen (secondary N) is 1. The van der Waals surface area contributed by atoms with Crippen molar-refractivity contribution in [1.29, 1.82) is 0 Å². The van der Waals surface area contributed by atoms with Crippen LogP contribution in [0.2, 0.25) is 0 Å². The summed E-state index contributed by atoms with van der Waals surface area (Å²) in [5.74, 6) is 0. The molecule has 0 spiro atoms. The Morgan fingerprint density at radius 1 is 0.969 bits per heavy atom. The molecule has 4 rings (SSSR count). The van der Waals surface area contributed by atoms with E-state index in [0.29, 0.717) is 24.3 Å². The SMILES string of the molecule is CCn1c(=O)n(CC)c2cc(N=Cc3c(C)[nH]n(-c4ccc(Br)c(C)c4C)c3=O)ccc21. The van der Waals surface area contributed by atoms with Gasteiger partial charge in [0, 0.05) is 29.5 Å². The van der Waals surface area contributed by atoms with Gasteiger partial charge in [-0.25, -0.2) is 9.48 Å². The maximum absolute atomic E-state index is 13.1. The molecule has 0 aliphatic heterocycles. The lowest BCUT2D eigenvalue weighted by Gasteiger charge is -2.10. The third kappa shape index (κ3) is 3.48. The second-order valence-electron chi connectivity index (χ2n) is 7.81. The van der Waals surface area contributed by atoms with Gasteiger partial charge < -0.3 is 0 Å². The highest BCUT2D eigenvalue weighted by Gasteiger charge is 2.15. The van der Waals surface area contributed by atoms with Gasteiger partial charge in [0.1, 0.15) is 0 Å². The van der Waals surface area contributed by atoms with Crippen molar-refractivity contribution in [2.45, 2.75) is 47.7 Å². The molecular weight excluding hydrogens is 470 g/mol. The highest BCUT2D eigenvalue weighted by molar-refractivity contribution is 9.10. The van der Waals surface area contributed by atoms with Crippen LogP contribution < -0.4 is 11.2 Å². The molecule has 0 radical (unpaired) electrons. The summed E-state index contributed by atoms with van der Waals surface area (Å²) < 4.78 is 6.06. The number of H-pyrrole nitrogens is 1. The van der Waals surface area contributed by atoms with Crippen molar-refractivity contribution < 1.29 is 0 Å². The minimum absolute atomic E-state index is 0.0179. The van der Waals surface area contributed by atoms with Gasteiger partial charge in [-0.15, -0.1) is 0 Å². The van der Waals surface area contributed by atoms with Crippen molar-refractivity contribution >= 4 is 38.9 Å². The fourth-order valence-corrected chi connectivity index (χ4v) is 4.46. The number of fused-ring (bicyclic) bond motifs is 1. The Morgan fingerprint density at radius 3 is 2.34 bits per heavy atom. The quantitative estimate of drug-likeness (QED) is 0.405. The van der Waals surface area contributed by atoms with E-state index in [-0.39, 0.29) is 11.2 Å². The second-order valence-corrected chi connectivity index (χ2v) is 8.66. The van der Waals surface area contributed by atoms with Crippen LogP contribution in [0, 0.1) is 20.8 Å².